The summed E-state index contributed by atoms with van der Waals surface area (Å²) in [6, 6.07) is 0. The van der Waals surface area contributed by atoms with Crippen molar-refractivity contribution < 1.29 is 19.4 Å². The van der Waals surface area contributed by atoms with Crippen molar-refractivity contribution in [1.82, 2.24) is 14.9 Å². The van der Waals surface area contributed by atoms with Gasteiger partial charge in [-0.1, -0.05) is 38.8 Å². The molecule has 8 heteroatoms. The molecule has 0 aromatic carbocycles. The molecule has 1 fully saturated rings. The van der Waals surface area contributed by atoms with Crippen LogP contribution in [-0.2, 0) is 11.2 Å². The van der Waals surface area contributed by atoms with Crippen molar-refractivity contribution in [3.05, 3.63) is 35.3 Å². The Morgan fingerprint density at radius 1 is 1.22 bits per heavy atom. The molecule has 36 heavy (non-hydrogen) atoms. The minimum Gasteiger partial charge on any atom is -0.481 e. The molecular weight excluding hydrogens is 456 g/mol. The van der Waals surface area contributed by atoms with Crippen molar-refractivity contribution in [1.29, 1.82) is 0 Å². The number of fused-ring (bicyclic) bond motifs is 1. The van der Waals surface area contributed by atoms with Crippen LogP contribution in [0.4, 0.5) is 5.82 Å². The lowest BCUT2D eigenvalue weighted by atomic mass is 9.73. The predicted molar refractivity (Wildman–Crippen MR) is 138 cm³/mol. The number of rotatable bonds is 9. The first kappa shape index (κ1) is 26.2. The lowest BCUT2D eigenvalue weighted by Gasteiger charge is -2.33. The van der Waals surface area contributed by atoms with Gasteiger partial charge >= 0.3 is 5.97 Å². The first-order valence-electron chi connectivity index (χ1n) is 13.5. The molecule has 2 heterocycles. The van der Waals surface area contributed by atoms with Crippen LogP contribution >= 0.6 is 0 Å². The Hall–Kier alpha value is -2.90. The van der Waals surface area contributed by atoms with E-state index in [1.54, 1.807) is 4.90 Å². The number of aryl methyl sites for hydroxylation is 1. The highest BCUT2D eigenvalue weighted by Crippen LogP contribution is 2.39. The van der Waals surface area contributed by atoms with Crippen LogP contribution in [0.1, 0.15) is 87.8 Å². The number of hydrogen-bond acceptors (Lipinski definition) is 6. The van der Waals surface area contributed by atoms with Gasteiger partial charge < -0.3 is 20.5 Å². The van der Waals surface area contributed by atoms with Gasteiger partial charge in [-0.3, -0.25) is 9.59 Å². The maximum Gasteiger partial charge on any atom is 0.303 e. The summed E-state index contributed by atoms with van der Waals surface area (Å²) in [6.07, 6.45) is 15.6. The summed E-state index contributed by atoms with van der Waals surface area (Å²) in [5, 5.41) is 9.05. The van der Waals surface area contributed by atoms with E-state index in [1.807, 2.05) is 6.08 Å². The molecule has 3 aliphatic rings. The fourth-order valence-corrected chi connectivity index (χ4v) is 5.71. The summed E-state index contributed by atoms with van der Waals surface area (Å²) < 4.78 is 5.87. The molecule has 3 N–H and O–H groups in total. The largest absolute Gasteiger partial charge is 0.481 e. The molecule has 1 aliphatic heterocycles. The number of hydrogen-bond donors (Lipinski definition) is 2. The average molecular weight is 497 g/mol. The fourth-order valence-electron chi connectivity index (χ4n) is 5.71. The van der Waals surface area contributed by atoms with Gasteiger partial charge in [-0.05, 0) is 68.3 Å². The summed E-state index contributed by atoms with van der Waals surface area (Å²) in [4.78, 5) is 35.2. The van der Waals surface area contributed by atoms with Crippen molar-refractivity contribution in [3.8, 4) is 5.88 Å². The second-order valence-electron chi connectivity index (χ2n) is 10.9. The maximum atomic E-state index is 13.5. The number of carboxylic acid groups (broad SMARTS) is 1. The van der Waals surface area contributed by atoms with Gasteiger partial charge in [0.2, 0.25) is 5.88 Å². The smallest absolute Gasteiger partial charge is 0.303 e. The van der Waals surface area contributed by atoms with E-state index < -0.39 is 5.97 Å². The number of aliphatic carboxylic acids is 1. The van der Waals surface area contributed by atoms with Gasteiger partial charge in [0.15, 0.2) is 0 Å². The van der Waals surface area contributed by atoms with Crippen molar-refractivity contribution in [2.24, 2.45) is 23.7 Å². The zero-order chi connectivity index (χ0) is 25.7. The highest BCUT2D eigenvalue weighted by molar-refractivity contribution is 6.01. The van der Waals surface area contributed by atoms with Gasteiger partial charge in [0.05, 0.1) is 6.54 Å². The Labute approximate surface area is 214 Å². The van der Waals surface area contributed by atoms with E-state index in [1.165, 1.54) is 6.42 Å². The van der Waals surface area contributed by atoms with Crippen LogP contribution in [0.25, 0.3) is 0 Å². The number of nitrogens with zero attached hydrogens (tertiary/aromatic N) is 3. The topological polar surface area (TPSA) is 119 Å². The minimum atomic E-state index is -0.694. The van der Waals surface area contributed by atoms with E-state index >= 15 is 0 Å². The molecule has 2 aliphatic carbocycles. The standard InChI is InChI=1S/C28H40N4O4/c1-18(2)5-3-4-6-23-30-26(29)25-27(31-23)36-16-15-32(28(25)35)22-13-11-21(12-14-22)20-9-7-19(8-10-20)17-24(33)34/h11,13-14,18-21H,3-10,12,15-17H2,1-2H3,(H,33,34)(H2,29,30,31). The van der Waals surface area contributed by atoms with Gasteiger partial charge in [-0.2, -0.15) is 4.98 Å². The highest BCUT2D eigenvalue weighted by atomic mass is 16.5. The third kappa shape index (κ3) is 6.45. The molecule has 0 saturated heterocycles. The molecule has 0 bridgehead atoms. The van der Waals surface area contributed by atoms with Gasteiger partial charge in [-0.15, -0.1) is 0 Å². The van der Waals surface area contributed by atoms with E-state index in [0.717, 1.165) is 57.1 Å². The number of amides is 1. The zero-order valence-corrected chi connectivity index (χ0v) is 21.6. The summed E-state index contributed by atoms with van der Waals surface area (Å²) in [5.41, 5.74) is 7.38. The predicted octanol–water partition coefficient (Wildman–Crippen LogP) is 5.00. The van der Waals surface area contributed by atoms with Crippen molar-refractivity contribution in [2.45, 2.75) is 78.1 Å². The minimum absolute atomic E-state index is 0.187. The molecule has 0 spiro atoms. The average Bonchev–Trinajstić information content (AvgIpc) is 3.01. The molecule has 1 aromatic heterocycles. The molecule has 8 nitrogen and oxygen atoms in total. The van der Waals surface area contributed by atoms with E-state index in [9.17, 15) is 9.59 Å². The monoisotopic (exact) mass is 496 g/mol. The molecular formula is C28H40N4O4. The summed E-state index contributed by atoms with van der Waals surface area (Å²) in [5.74, 6) is 2.18. The van der Waals surface area contributed by atoms with Gasteiger partial charge in [-0.25, -0.2) is 4.98 Å². The van der Waals surface area contributed by atoms with Crippen LogP contribution in [0.5, 0.6) is 5.88 Å². The van der Waals surface area contributed by atoms with Crippen LogP contribution in [0.2, 0.25) is 0 Å². The SMILES string of the molecule is CC(C)CCCCc1nc(N)c2c(n1)OCCN(C1=CCC(C3CCC(CC(=O)O)CC3)C=C1)C2=O. The van der Waals surface area contributed by atoms with Crippen molar-refractivity contribution in [2.75, 3.05) is 18.9 Å². The fraction of sp³-hybridized carbons (Fsp3) is 0.643. The lowest BCUT2D eigenvalue weighted by Crippen LogP contribution is -2.33. The van der Waals surface area contributed by atoms with E-state index in [0.29, 0.717) is 48.5 Å². The summed E-state index contributed by atoms with van der Waals surface area (Å²) in [6.45, 7) is 5.21. The van der Waals surface area contributed by atoms with Gasteiger partial charge in [0.1, 0.15) is 23.8 Å². The van der Waals surface area contributed by atoms with E-state index in [4.69, 9.17) is 15.6 Å². The lowest BCUT2D eigenvalue weighted by molar-refractivity contribution is -0.138. The molecule has 196 valence electrons. The number of carbonyl (C=O) groups excluding carboxylic acids is 1. The van der Waals surface area contributed by atoms with Crippen LogP contribution in [0.15, 0.2) is 23.9 Å². The molecule has 0 radical (unpaired) electrons. The molecule has 1 saturated carbocycles. The molecule has 1 aromatic rings. The van der Waals surface area contributed by atoms with Crippen molar-refractivity contribution in [3.63, 3.8) is 0 Å². The third-order valence-corrected chi connectivity index (χ3v) is 7.78. The summed E-state index contributed by atoms with van der Waals surface area (Å²) in [7, 11) is 0. The number of aromatic nitrogens is 2. The first-order chi connectivity index (χ1) is 17.3. The molecule has 1 unspecified atom stereocenters. The van der Waals surface area contributed by atoms with E-state index in [2.05, 4.69) is 36.0 Å². The molecule has 1 amide bonds. The number of allylic oxidation sites excluding steroid dienone is 3. The number of nitrogen functional groups attached to an aromatic ring is 1. The zero-order valence-electron chi connectivity index (χ0n) is 21.6. The Bertz CT molecular complexity index is 1010. The highest BCUT2D eigenvalue weighted by Gasteiger charge is 2.32. The van der Waals surface area contributed by atoms with Crippen LogP contribution in [0.3, 0.4) is 0 Å². The number of nitrogens with two attached hydrogens (primary N) is 1. The second kappa shape index (κ2) is 11.9. The molecule has 4 rings (SSSR count). The Morgan fingerprint density at radius 3 is 2.67 bits per heavy atom. The Kier molecular flexibility index (Phi) is 8.64. The second-order valence-corrected chi connectivity index (χ2v) is 10.9. The number of unbranched alkanes of at least 4 members (excludes halogenated alkanes) is 1. The number of carboxylic acids is 1. The van der Waals surface area contributed by atoms with Crippen LogP contribution in [0, 0.1) is 23.7 Å². The number of ether oxygens (including phenoxy) is 1. The number of anilines is 1. The Balaban J connectivity index is 1.37. The normalized spacial score (nSPS) is 24.2. The van der Waals surface area contributed by atoms with Gasteiger partial charge in [0.25, 0.3) is 5.91 Å². The quantitative estimate of drug-likeness (QED) is 0.462. The number of carbonyl (C=O) groups is 2. The van der Waals surface area contributed by atoms with Gasteiger partial charge in [0, 0.05) is 18.5 Å². The van der Waals surface area contributed by atoms with Crippen LogP contribution in [-0.4, -0.2) is 45.0 Å². The van der Waals surface area contributed by atoms with Crippen molar-refractivity contribution >= 4 is 17.7 Å². The summed E-state index contributed by atoms with van der Waals surface area (Å²) >= 11 is 0. The third-order valence-electron chi connectivity index (χ3n) is 7.78. The van der Waals surface area contributed by atoms with Crippen LogP contribution < -0.4 is 10.5 Å². The molecule has 1 atom stereocenters. The Morgan fingerprint density at radius 2 is 2.00 bits per heavy atom. The first-order valence-corrected chi connectivity index (χ1v) is 13.5. The van der Waals surface area contributed by atoms with E-state index in [-0.39, 0.29) is 23.7 Å². The maximum absolute atomic E-state index is 13.5.